The number of hydrogen-bond acceptors (Lipinski definition) is 1. The van der Waals surface area contributed by atoms with Crippen molar-refractivity contribution in [3.05, 3.63) is 70.3 Å². The van der Waals surface area contributed by atoms with E-state index in [1.165, 1.54) is 35.1 Å². The molecule has 0 bridgehead atoms. The van der Waals surface area contributed by atoms with Crippen molar-refractivity contribution in [3.63, 3.8) is 0 Å². The molecular formula is C22H27N2O+. The smallest absolute Gasteiger partial charge is 0.254 e. The second-order valence-corrected chi connectivity index (χ2v) is 7.55. The van der Waals surface area contributed by atoms with E-state index in [9.17, 15) is 4.79 Å². The van der Waals surface area contributed by atoms with Crippen LogP contribution in [0.5, 0.6) is 0 Å². The molecule has 25 heavy (non-hydrogen) atoms. The SMILES string of the molecule is Cc1cccc(C[NH+]2CCN(C(=O)c3ccc4c(c3)CCC4)CC2)c1. The first-order valence-electron chi connectivity index (χ1n) is 9.49. The van der Waals surface area contributed by atoms with Gasteiger partial charge in [0.25, 0.3) is 5.91 Å². The van der Waals surface area contributed by atoms with Crippen molar-refractivity contribution in [2.45, 2.75) is 32.7 Å². The van der Waals surface area contributed by atoms with Crippen molar-refractivity contribution in [2.24, 2.45) is 0 Å². The molecule has 2 aromatic carbocycles. The molecular weight excluding hydrogens is 308 g/mol. The maximum absolute atomic E-state index is 12.8. The summed E-state index contributed by atoms with van der Waals surface area (Å²) >= 11 is 0. The fourth-order valence-electron chi connectivity index (χ4n) is 4.20. The van der Waals surface area contributed by atoms with E-state index in [1.807, 2.05) is 11.0 Å². The van der Waals surface area contributed by atoms with Crippen LogP contribution in [0.4, 0.5) is 0 Å². The Balaban J connectivity index is 1.36. The zero-order valence-corrected chi connectivity index (χ0v) is 15.1. The lowest BCUT2D eigenvalue weighted by Crippen LogP contribution is -3.13. The van der Waals surface area contributed by atoms with Gasteiger partial charge in [-0.2, -0.15) is 0 Å². The third-order valence-corrected chi connectivity index (χ3v) is 5.64. The lowest BCUT2D eigenvalue weighted by atomic mass is 10.1. The Labute approximate surface area is 150 Å². The van der Waals surface area contributed by atoms with Crippen LogP contribution in [0.25, 0.3) is 0 Å². The molecule has 0 atom stereocenters. The molecule has 0 unspecified atom stereocenters. The van der Waals surface area contributed by atoms with Crippen molar-refractivity contribution in [1.29, 1.82) is 0 Å². The van der Waals surface area contributed by atoms with Gasteiger partial charge in [-0.15, -0.1) is 0 Å². The quantitative estimate of drug-likeness (QED) is 0.912. The Morgan fingerprint density at radius 2 is 1.84 bits per heavy atom. The molecule has 1 fully saturated rings. The number of fused-ring (bicyclic) bond motifs is 1. The first kappa shape index (κ1) is 16.3. The van der Waals surface area contributed by atoms with Crippen molar-refractivity contribution < 1.29 is 9.69 Å². The normalized spacial score (nSPS) is 17.6. The van der Waals surface area contributed by atoms with Crippen LogP contribution in [0.1, 0.15) is 39.0 Å². The zero-order valence-electron chi connectivity index (χ0n) is 15.1. The second-order valence-electron chi connectivity index (χ2n) is 7.55. The Morgan fingerprint density at radius 1 is 1.04 bits per heavy atom. The molecule has 0 aromatic heterocycles. The fourth-order valence-corrected chi connectivity index (χ4v) is 4.20. The van der Waals surface area contributed by atoms with E-state index in [4.69, 9.17) is 0 Å². The van der Waals surface area contributed by atoms with Crippen LogP contribution in [-0.4, -0.2) is 37.0 Å². The number of piperazine rings is 1. The van der Waals surface area contributed by atoms with Gasteiger partial charge >= 0.3 is 0 Å². The number of quaternary nitrogens is 1. The Hall–Kier alpha value is -2.13. The minimum absolute atomic E-state index is 0.212. The molecule has 2 aliphatic rings. The monoisotopic (exact) mass is 335 g/mol. The van der Waals surface area contributed by atoms with Gasteiger partial charge in [0, 0.05) is 11.1 Å². The van der Waals surface area contributed by atoms with Crippen LogP contribution in [0, 0.1) is 6.92 Å². The van der Waals surface area contributed by atoms with Crippen molar-refractivity contribution >= 4 is 5.91 Å². The predicted molar refractivity (Wildman–Crippen MR) is 100.0 cm³/mol. The summed E-state index contributed by atoms with van der Waals surface area (Å²) in [5.74, 6) is 0.212. The summed E-state index contributed by atoms with van der Waals surface area (Å²) in [7, 11) is 0. The van der Waals surface area contributed by atoms with Gasteiger partial charge in [0.15, 0.2) is 0 Å². The van der Waals surface area contributed by atoms with E-state index in [1.54, 1.807) is 4.90 Å². The van der Waals surface area contributed by atoms with E-state index in [0.29, 0.717) is 0 Å². The number of aryl methyl sites for hydroxylation is 3. The highest BCUT2D eigenvalue weighted by Gasteiger charge is 2.25. The molecule has 1 aliphatic carbocycles. The van der Waals surface area contributed by atoms with Crippen LogP contribution < -0.4 is 4.90 Å². The third-order valence-electron chi connectivity index (χ3n) is 5.64. The molecule has 1 heterocycles. The third kappa shape index (κ3) is 3.62. The minimum atomic E-state index is 0.212. The van der Waals surface area contributed by atoms with Gasteiger partial charge in [0.2, 0.25) is 0 Å². The van der Waals surface area contributed by atoms with Crippen LogP contribution >= 0.6 is 0 Å². The Bertz CT molecular complexity index is 775. The number of carbonyl (C=O) groups excluding carboxylic acids is 1. The molecule has 0 spiro atoms. The summed E-state index contributed by atoms with van der Waals surface area (Å²) in [6, 6.07) is 15.1. The Morgan fingerprint density at radius 3 is 2.64 bits per heavy atom. The molecule has 3 nitrogen and oxygen atoms in total. The summed E-state index contributed by atoms with van der Waals surface area (Å²) in [4.78, 5) is 16.4. The van der Waals surface area contributed by atoms with Crippen molar-refractivity contribution in [1.82, 2.24) is 4.90 Å². The molecule has 1 N–H and O–H groups in total. The van der Waals surface area contributed by atoms with E-state index in [0.717, 1.165) is 44.7 Å². The van der Waals surface area contributed by atoms with E-state index in [2.05, 4.69) is 43.3 Å². The summed E-state index contributed by atoms with van der Waals surface area (Å²) in [5, 5.41) is 0. The van der Waals surface area contributed by atoms with Crippen molar-refractivity contribution in [3.8, 4) is 0 Å². The first-order valence-corrected chi connectivity index (χ1v) is 9.49. The number of amides is 1. The number of benzene rings is 2. The Kier molecular flexibility index (Phi) is 4.58. The van der Waals surface area contributed by atoms with E-state index in [-0.39, 0.29) is 5.91 Å². The summed E-state index contributed by atoms with van der Waals surface area (Å²) in [6.07, 6.45) is 3.53. The zero-order chi connectivity index (χ0) is 17.2. The van der Waals surface area contributed by atoms with Crippen LogP contribution in [-0.2, 0) is 19.4 Å². The number of hydrogen-bond donors (Lipinski definition) is 1. The highest BCUT2D eigenvalue weighted by atomic mass is 16.2. The highest BCUT2D eigenvalue weighted by molar-refractivity contribution is 5.94. The average Bonchev–Trinajstić information content (AvgIpc) is 3.09. The highest BCUT2D eigenvalue weighted by Crippen LogP contribution is 2.23. The van der Waals surface area contributed by atoms with Gasteiger partial charge < -0.3 is 9.80 Å². The lowest BCUT2D eigenvalue weighted by Gasteiger charge is -2.32. The van der Waals surface area contributed by atoms with Crippen LogP contribution in [0.15, 0.2) is 42.5 Å². The molecule has 4 rings (SSSR count). The molecule has 130 valence electrons. The molecule has 0 saturated carbocycles. The van der Waals surface area contributed by atoms with Gasteiger partial charge in [-0.1, -0.05) is 35.9 Å². The molecule has 1 aliphatic heterocycles. The molecule has 2 aromatic rings. The number of carbonyl (C=O) groups is 1. The fraction of sp³-hybridized carbons (Fsp3) is 0.409. The molecule has 1 amide bonds. The standard InChI is InChI=1S/C22H26N2O/c1-17-4-2-5-18(14-17)16-23-10-12-24(13-11-23)22(25)21-9-8-19-6-3-7-20(19)15-21/h2,4-5,8-9,14-15H,3,6-7,10-13,16H2,1H3/p+1. The summed E-state index contributed by atoms with van der Waals surface area (Å²) in [5.41, 5.74) is 6.41. The minimum Gasteiger partial charge on any atom is -0.328 e. The molecule has 3 heteroatoms. The van der Waals surface area contributed by atoms with Gasteiger partial charge in [0.1, 0.15) is 6.54 Å². The topological polar surface area (TPSA) is 24.8 Å². The van der Waals surface area contributed by atoms with E-state index < -0.39 is 0 Å². The molecule has 1 saturated heterocycles. The van der Waals surface area contributed by atoms with Gasteiger partial charge in [0.05, 0.1) is 26.2 Å². The number of rotatable bonds is 3. The summed E-state index contributed by atoms with van der Waals surface area (Å²) < 4.78 is 0. The predicted octanol–water partition coefficient (Wildman–Crippen LogP) is 2.02. The molecule has 0 radical (unpaired) electrons. The first-order chi connectivity index (χ1) is 12.2. The largest absolute Gasteiger partial charge is 0.328 e. The maximum Gasteiger partial charge on any atom is 0.254 e. The maximum atomic E-state index is 12.8. The average molecular weight is 335 g/mol. The second kappa shape index (κ2) is 7.01. The summed E-state index contributed by atoms with van der Waals surface area (Å²) in [6.45, 7) is 6.98. The van der Waals surface area contributed by atoms with E-state index >= 15 is 0 Å². The van der Waals surface area contributed by atoms with Gasteiger partial charge in [-0.05, 0) is 49.4 Å². The lowest BCUT2D eigenvalue weighted by molar-refractivity contribution is -0.917. The number of nitrogens with one attached hydrogen (secondary N) is 1. The number of nitrogens with zero attached hydrogens (tertiary/aromatic N) is 1. The van der Waals surface area contributed by atoms with Gasteiger partial charge in [-0.3, -0.25) is 4.79 Å². The van der Waals surface area contributed by atoms with Crippen LogP contribution in [0.2, 0.25) is 0 Å². The van der Waals surface area contributed by atoms with Crippen LogP contribution in [0.3, 0.4) is 0 Å². The van der Waals surface area contributed by atoms with Gasteiger partial charge in [-0.25, -0.2) is 0 Å². The van der Waals surface area contributed by atoms with Crippen molar-refractivity contribution in [2.75, 3.05) is 26.2 Å².